The molecule has 0 radical (unpaired) electrons. The molecular weight excluding hydrogens is 284 g/mol. The number of rotatable bonds is 3. The lowest BCUT2D eigenvalue weighted by Gasteiger charge is -2.43. The molecule has 2 aliphatic rings. The van der Waals surface area contributed by atoms with Crippen molar-refractivity contribution in [3.63, 3.8) is 0 Å². The number of thioether (sulfide) groups is 1. The zero-order valence-electron chi connectivity index (χ0n) is 12.1. The van der Waals surface area contributed by atoms with Gasteiger partial charge >= 0.3 is 0 Å². The summed E-state index contributed by atoms with van der Waals surface area (Å²) in [5, 5.41) is 7.41. The van der Waals surface area contributed by atoms with Crippen molar-refractivity contribution in [3.05, 3.63) is 29.8 Å². The second-order valence-corrected chi connectivity index (χ2v) is 7.04. The third kappa shape index (κ3) is 3.52. The molecule has 0 bridgehead atoms. The fourth-order valence-corrected chi connectivity index (χ4v) is 4.32. The van der Waals surface area contributed by atoms with E-state index in [9.17, 15) is 0 Å². The molecule has 0 saturated carbocycles. The van der Waals surface area contributed by atoms with Gasteiger partial charge in [0.05, 0.1) is 12.2 Å². The van der Waals surface area contributed by atoms with E-state index in [1.54, 1.807) is 0 Å². The molecule has 2 aliphatic heterocycles. The van der Waals surface area contributed by atoms with Crippen LogP contribution >= 0.6 is 11.8 Å². The Morgan fingerprint density at radius 1 is 1.29 bits per heavy atom. The number of amidine groups is 1. The molecule has 1 aromatic rings. The van der Waals surface area contributed by atoms with Gasteiger partial charge in [-0.1, -0.05) is 0 Å². The van der Waals surface area contributed by atoms with Crippen molar-refractivity contribution >= 4 is 17.6 Å². The van der Waals surface area contributed by atoms with E-state index in [1.807, 2.05) is 36.0 Å². The molecule has 1 spiro atoms. The van der Waals surface area contributed by atoms with Crippen LogP contribution in [0, 0.1) is 5.41 Å². The first-order valence-corrected chi connectivity index (χ1v) is 8.65. The molecule has 0 aromatic heterocycles. The summed E-state index contributed by atoms with van der Waals surface area (Å²) in [5.41, 5.74) is 6.25. The van der Waals surface area contributed by atoms with Crippen molar-refractivity contribution in [2.75, 3.05) is 18.1 Å². The van der Waals surface area contributed by atoms with E-state index in [-0.39, 0.29) is 17.5 Å². The van der Waals surface area contributed by atoms with E-state index in [0.717, 1.165) is 43.6 Å². The molecule has 5 heteroatoms. The highest BCUT2D eigenvalue weighted by molar-refractivity contribution is 7.99. The van der Waals surface area contributed by atoms with E-state index in [1.165, 1.54) is 11.5 Å². The number of nitrogens with two attached hydrogens (primary N) is 1. The molecule has 114 valence electrons. The summed E-state index contributed by atoms with van der Waals surface area (Å²) < 4.78 is 12.2. The number of hydrogen-bond donors (Lipinski definition) is 2. The van der Waals surface area contributed by atoms with Crippen LogP contribution in [-0.2, 0) is 4.74 Å². The van der Waals surface area contributed by atoms with Gasteiger partial charge in [-0.3, -0.25) is 5.41 Å². The largest absolute Gasteiger partial charge is 0.490 e. The lowest BCUT2D eigenvalue weighted by atomic mass is 9.86. The van der Waals surface area contributed by atoms with E-state index in [2.05, 4.69) is 0 Å². The molecule has 1 aromatic carbocycles. The smallest absolute Gasteiger partial charge is 0.122 e. The second-order valence-electron chi connectivity index (χ2n) is 5.81. The van der Waals surface area contributed by atoms with Gasteiger partial charge in [0.2, 0.25) is 0 Å². The molecule has 4 nitrogen and oxygen atoms in total. The maximum absolute atomic E-state index is 7.41. The van der Waals surface area contributed by atoms with Crippen LogP contribution in [0.25, 0.3) is 0 Å². The lowest BCUT2D eigenvalue weighted by Crippen LogP contribution is -2.46. The van der Waals surface area contributed by atoms with Gasteiger partial charge in [0.15, 0.2) is 0 Å². The van der Waals surface area contributed by atoms with Gasteiger partial charge in [-0.15, -0.1) is 0 Å². The third-order valence-corrected chi connectivity index (χ3v) is 5.31. The Morgan fingerprint density at radius 3 is 2.67 bits per heavy atom. The molecule has 2 fully saturated rings. The predicted molar refractivity (Wildman–Crippen MR) is 86.4 cm³/mol. The maximum atomic E-state index is 7.41. The Morgan fingerprint density at radius 2 is 2.00 bits per heavy atom. The van der Waals surface area contributed by atoms with Crippen LogP contribution in [0.1, 0.15) is 31.2 Å². The predicted octanol–water partition coefficient (Wildman–Crippen LogP) is 2.79. The van der Waals surface area contributed by atoms with Crippen LogP contribution in [0.3, 0.4) is 0 Å². The molecule has 1 atom stereocenters. The fraction of sp³-hybridized carbons (Fsp3) is 0.562. The topological polar surface area (TPSA) is 68.3 Å². The van der Waals surface area contributed by atoms with Gasteiger partial charge in [0.1, 0.15) is 17.7 Å². The summed E-state index contributed by atoms with van der Waals surface area (Å²) >= 11 is 2.02. The van der Waals surface area contributed by atoms with Gasteiger partial charge in [0.25, 0.3) is 0 Å². The number of nitrogen functional groups attached to an aromatic ring is 1. The standard InChI is InChI=1S/C16H22N2O2S/c17-15(18)12-1-3-13(4-2-12)20-14-5-8-19-16(11-14)6-9-21-10-7-16/h1-4,14H,5-11H2,(H3,17,18). The van der Waals surface area contributed by atoms with Crippen LogP contribution in [0.5, 0.6) is 5.75 Å². The molecule has 0 aliphatic carbocycles. The van der Waals surface area contributed by atoms with Gasteiger partial charge in [-0.25, -0.2) is 0 Å². The van der Waals surface area contributed by atoms with E-state index in [0.29, 0.717) is 0 Å². The molecule has 2 saturated heterocycles. The van der Waals surface area contributed by atoms with Crippen molar-refractivity contribution in [1.29, 1.82) is 5.41 Å². The highest BCUT2D eigenvalue weighted by Crippen LogP contribution is 2.38. The van der Waals surface area contributed by atoms with Gasteiger partial charge in [-0.2, -0.15) is 11.8 Å². The normalized spacial score (nSPS) is 24.7. The average molecular weight is 306 g/mol. The maximum Gasteiger partial charge on any atom is 0.122 e. The quantitative estimate of drug-likeness (QED) is 0.665. The summed E-state index contributed by atoms with van der Waals surface area (Å²) in [6.45, 7) is 0.793. The number of benzene rings is 1. The van der Waals surface area contributed by atoms with Crippen LogP contribution in [0.2, 0.25) is 0 Å². The Kier molecular flexibility index (Phi) is 4.40. The first-order chi connectivity index (χ1) is 10.2. The van der Waals surface area contributed by atoms with Crippen molar-refractivity contribution in [2.24, 2.45) is 5.73 Å². The van der Waals surface area contributed by atoms with Crippen LogP contribution in [0.4, 0.5) is 0 Å². The zero-order chi connectivity index (χ0) is 14.7. The Bertz CT molecular complexity index is 492. The summed E-state index contributed by atoms with van der Waals surface area (Å²) in [6, 6.07) is 7.47. The monoisotopic (exact) mass is 306 g/mol. The molecule has 3 rings (SSSR count). The van der Waals surface area contributed by atoms with Crippen molar-refractivity contribution < 1.29 is 9.47 Å². The van der Waals surface area contributed by atoms with Crippen LogP contribution in [-0.4, -0.2) is 35.7 Å². The lowest BCUT2D eigenvalue weighted by molar-refractivity contribution is -0.116. The first-order valence-electron chi connectivity index (χ1n) is 7.50. The summed E-state index contributed by atoms with van der Waals surface area (Å²) in [4.78, 5) is 0. The summed E-state index contributed by atoms with van der Waals surface area (Å²) in [5.74, 6) is 3.33. The van der Waals surface area contributed by atoms with Gasteiger partial charge in [-0.05, 0) is 48.6 Å². The highest BCUT2D eigenvalue weighted by Gasteiger charge is 2.39. The minimum absolute atomic E-state index is 0.0491. The molecule has 3 N–H and O–H groups in total. The fourth-order valence-electron chi connectivity index (χ4n) is 3.08. The Labute approximate surface area is 129 Å². The first kappa shape index (κ1) is 14.7. The molecular formula is C16H22N2O2S. The van der Waals surface area contributed by atoms with Crippen molar-refractivity contribution in [2.45, 2.75) is 37.4 Å². The SMILES string of the molecule is N=C(N)c1ccc(OC2CCOC3(CCSCC3)C2)cc1. The van der Waals surface area contributed by atoms with Crippen LogP contribution in [0.15, 0.2) is 24.3 Å². The molecule has 1 unspecified atom stereocenters. The molecule has 21 heavy (non-hydrogen) atoms. The van der Waals surface area contributed by atoms with E-state index >= 15 is 0 Å². The summed E-state index contributed by atoms with van der Waals surface area (Å²) in [6.07, 6.45) is 4.44. The third-order valence-electron chi connectivity index (χ3n) is 4.32. The number of nitrogens with one attached hydrogen (secondary N) is 1. The summed E-state index contributed by atoms with van der Waals surface area (Å²) in [7, 11) is 0. The Balaban J connectivity index is 1.62. The van der Waals surface area contributed by atoms with Crippen LogP contribution < -0.4 is 10.5 Å². The van der Waals surface area contributed by atoms with Crippen molar-refractivity contribution in [3.8, 4) is 5.75 Å². The van der Waals surface area contributed by atoms with E-state index in [4.69, 9.17) is 20.6 Å². The average Bonchev–Trinajstić information content (AvgIpc) is 2.49. The number of hydrogen-bond acceptors (Lipinski definition) is 4. The molecule has 2 heterocycles. The minimum Gasteiger partial charge on any atom is -0.490 e. The highest BCUT2D eigenvalue weighted by atomic mass is 32.2. The Hall–Kier alpha value is -1.20. The number of ether oxygens (including phenoxy) is 2. The van der Waals surface area contributed by atoms with Crippen molar-refractivity contribution in [1.82, 2.24) is 0 Å². The van der Waals surface area contributed by atoms with Gasteiger partial charge < -0.3 is 15.2 Å². The molecule has 0 amide bonds. The zero-order valence-corrected chi connectivity index (χ0v) is 13.0. The minimum atomic E-state index is 0.0491. The van der Waals surface area contributed by atoms with Gasteiger partial charge in [0, 0.05) is 18.4 Å². The van der Waals surface area contributed by atoms with E-state index < -0.39 is 0 Å². The second kappa shape index (κ2) is 6.28.